The Bertz CT molecular complexity index is 2660. The standard InChI is InChI=1S/C47H35N7/c1-47(2)41-10-4-3-9-39(41)40-18-15-31(25-42(40)47)30-13-16-36(17-14-30)53-54-46-38(33-24-35(29-50-27-33)44-12-6-8-22-52-44)20-19-37(45(46)48)32-23-34(28-49-26-32)43-11-5-7-21-51-43/h3-29,48,53H,1-2H3/b48-45?,54-46-. The van der Waals surface area contributed by atoms with E-state index in [1.54, 1.807) is 37.2 Å². The van der Waals surface area contributed by atoms with E-state index in [4.69, 9.17) is 5.10 Å². The summed E-state index contributed by atoms with van der Waals surface area (Å²) < 4.78 is 0. The molecule has 0 fully saturated rings. The number of rotatable bonds is 7. The Morgan fingerprint density at radius 3 is 1.78 bits per heavy atom. The molecular formula is C47H35N7. The fourth-order valence-electron chi connectivity index (χ4n) is 7.44. The van der Waals surface area contributed by atoms with Crippen LogP contribution < -0.4 is 5.43 Å². The molecule has 2 aliphatic carbocycles. The van der Waals surface area contributed by atoms with Crippen LogP contribution in [-0.2, 0) is 5.41 Å². The van der Waals surface area contributed by atoms with Crippen molar-refractivity contribution in [2.45, 2.75) is 19.3 Å². The molecule has 3 aromatic carbocycles. The first-order chi connectivity index (χ1) is 26.4. The summed E-state index contributed by atoms with van der Waals surface area (Å²) in [6.07, 6.45) is 14.6. The van der Waals surface area contributed by atoms with Crippen molar-refractivity contribution in [1.82, 2.24) is 19.9 Å². The van der Waals surface area contributed by atoms with Crippen LogP contribution in [0.15, 0.2) is 170 Å². The minimum absolute atomic E-state index is 0.0645. The molecule has 54 heavy (non-hydrogen) atoms. The minimum Gasteiger partial charge on any atom is -0.298 e. The van der Waals surface area contributed by atoms with Gasteiger partial charge in [0.25, 0.3) is 0 Å². The van der Waals surface area contributed by atoms with Gasteiger partial charge in [-0.15, -0.1) is 0 Å². The highest BCUT2D eigenvalue weighted by molar-refractivity contribution is 6.69. The quantitative estimate of drug-likeness (QED) is 0.128. The number of benzene rings is 3. The first-order valence-electron chi connectivity index (χ1n) is 17.9. The summed E-state index contributed by atoms with van der Waals surface area (Å²) in [6, 6.07) is 39.4. The predicted molar refractivity (Wildman–Crippen MR) is 219 cm³/mol. The summed E-state index contributed by atoms with van der Waals surface area (Å²) in [5.74, 6) is 0. The van der Waals surface area contributed by atoms with Gasteiger partial charge in [0.05, 0.1) is 22.8 Å². The first-order valence-corrected chi connectivity index (χ1v) is 17.9. The van der Waals surface area contributed by atoms with Crippen molar-refractivity contribution in [3.05, 3.63) is 187 Å². The third-order valence-electron chi connectivity index (χ3n) is 10.3. The molecule has 0 bridgehead atoms. The number of allylic oxidation sites excluding steroid dienone is 4. The van der Waals surface area contributed by atoms with Crippen molar-refractivity contribution in [3.63, 3.8) is 0 Å². The number of pyridine rings is 4. The van der Waals surface area contributed by atoms with Crippen molar-refractivity contribution in [1.29, 1.82) is 5.41 Å². The molecule has 0 atom stereocenters. The summed E-state index contributed by atoms with van der Waals surface area (Å²) in [5, 5.41) is 14.4. The molecular weight excluding hydrogens is 663 g/mol. The number of hydrogen-bond acceptors (Lipinski definition) is 7. The van der Waals surface area contributed by atoms with Crippen LogP contribution in [0.1, 0.15) is 36.1 Å². The van der Waals surface area contributed by atoms with E-state index in [2.05, 4.69) is 93.8 Å². The van der Waals surface area contributed by atoms with E-state index in [0.717, 1.165) is 50.5 Å². The number of hydrazone groups is 1. The molecule has 0 amide bonds. The van der Waals surface area contributed by atoms with Crippen LogP contribution in [0.25, 0.3) is 55.9 Å². The van der Waals surface area contributed by atoms with Crippen LogP contribution in [0.4, 0.5) is 5.69 Å². The number of hydrogen-bond donors (Lipinski definition) is 2. The number of fused-ring (bicyclic) bond motifs is 3. The maximum absolute atomic E-state index is 9.51. The second-order valence-electron chi connectivity index (χ2n) is 14.0. The molecule has 0 spiro atoms. The average molecular weight is 698 g/mol. The van der Waals surface area contributed by atoms with E-state index in [0.29, 0.717) is 11.3 Å². The van der Waals surface area contributed by atoms with Crippen molar-refractivity contribution < 1.29 is 0 Å². The van der Waals surface area contributed by atoms with Crippen molar-refractivity contribution >= 4 is 28.3 Å². The van der Waals surface area contributed by atoms with E-state index in [1.807, 2.05) is 72.8 Å². The Labute approximate surface area is 314 Å². The van der Waals surface area contributed by atoms with E-state index in [9.17, 15) is 5.41 Å². The summed E-state index contributed by atoms with van der Waals surface area (Å²) in [6.45, 7) is 4.61. The van der Waals surface area contributed by atoms with Crippen molar-refractivity contribution in [2.75, 3.05) is 5.43 Å². The Kier molecular flexibility index (Phi) is 8.16. The Morgan fingerprint density at radius 2 is 1.11 bits per heavy atom. The maximum atomic E-state index is 9.51. The number of aromatic nitrogens is 4. The van der Waals surface area contributed by atoms with Crippen LogP contribution in [0.5, 0.6) is 0 Å². The summed E-state index contributed by atoms with van der Waals surface area (Å²) in [7, 11) is 0. The number of nitrogens with zero attached hydrogens (tertiary/aromatic N) is 5. The van der Waals surface area contributed by atoms with E-state index in [1.165, 1.54) is 27.8 Å². The predicted octanol–water partition coefficient (Wildman–Crippen LogP) is 10.5. The average Bonchev–Trinajstić information content (AvgIpc) is 3.46. The van der Waals surface area contributed by atoms with Gasteiger partial charge in [-0.3, -0.25) is 30.8 Å². The second kappa shape index (κ2) is 13.5. The molecule has 7 nitrogen and oxygen atoms in total. The highest BCUT2D eigenvalue weighted by Crippen LogP contribution is 2.49. The summed E-state index contributed by atoms with van der Waals surface area (Å²) in [4.78, 5) is 18.1. The van der Waals surface area contributed by atoms with Gasteiger partial charge in [0.2, 0.25) is 0 Å². The number of anilines is 1. The Balaban J connectivity index is 1.05. The zero-order chi connectivity index (χ0) is 36.6. The number of nitrogens with one attached hydrogen (secondary N) is 2. The molecule has 0 aliphatic heterocycles. The van der Waals surface area contributed by atoms with Gasteiger partial charge >= 0.3 is 0 Å². The first kappa shape index (κ1) is 32.8. The molecule has 0 radical (unpaired) electrons. The third-order valence-corrected chi connectivity index (χ3v) is 10.3. The summed E-state index contributed by atoms with van der Waals surface area (Å²) in [5.41, 5.74) is 18.9. The van der Waals surface area contributed by atoms with Gasteiger partial charge in [-0.1, -0.05) is 86.7 Å². The summed E-state index contributed by atoms with van der Waals surface area (Å²) >= 11 is 0. The molecule has 7 aromatic rings. The molecule has 4 aromatic heterocycles. The zero-order valence-corrected chi connectivity index (χ0v) is 29.8. The highest BCUT2D eigenvalue weighted by Gasteiger charge is 2.35. The topological polar surface area (TPSA) is 99.8 Å². The highest BCUT2D eigenvalue weighted by atomic mass is 15.3. The molecule has 0 unspecified atom stereocenters. The molecule has 2 aliphatic rings. The smallest absolute Gasteiger partial charge is 0.117 e. The zero-order valence-electron chi connectivity index (χ0n) is 29.8. The van der Waals surface area contributed by atoms with Gasteiger partial charge in [-0.05, 0) is 88.0 Å². The van der Waals surface area contributed by atoms with Gasteiger partial charge < -0.3 is 0 Å². The second-order valence-corrected chi connectivity index (χ2v) is 14.0. The third kappa shape index (κ3) is 5.91. The van der Waals surface area contributed by atoms with Crippen molar-refractivity contribution in [3.8, 4) is 44.8 Å². The molecule has 9 rings (SSSR count). The maximum Gasteiger partial charge on any atom is 0.117 e. The van der Waals surface area contributed by atoms with Crippen LogP contribution in [0.2, 0.25) is 0 Å². The lowest BCUT2D eigenvalue weighted by molar-refractivity contribution is 0.660. The molecule has 0 saturated heterocycles. The minimum atomic E-state index is -0.0645. The fraction of sp³-hybridized carbons (Fsp3) is 0.0638. The Morgan fingerprint density at radius 1 is 0.537 bits per heavy atom. The lowest BCUT2D eigenvalue weighted by Gasteiger charge is -2.22. The van der Waals surface area contributed by atoms with Crippen LogP contribution in [0.3, 0.4) is 0 Å². The Hall–Kier alpha value is -7.12. The molecule has 2 N–H and O–H groups in total. The van der Waals surface area contributed by atoms with Gasteiger partial charge in [0, 0.05) is 76.0 Å². The van der Waals surface area contributed by atoms with Crippen LogP contribution >= 0.6 is 0 Å². The van der Waals surface area contributed by atoms with Gasteiger partial charge in [0.1, 0.15) is 5.71 Å². The van der Waals surface area contributed by atoms with Crippen LogP contribution in [-0.4, -0.2) is 31.4 Å². The molecule has 258 valence electrons. The monoisotopic (exact) mass is 697 g/mol. The van der Waals surface area contributed by atoms with Gasteiger partial charge in [0.15, 0.2) is 0 Å². The lowest BCUT2D eigenvalue weighted by Crippen LogP contribution is -2.21. The molecule has 7 heteroatoms. The largest absolute Gasteiger partial charge is 0.298 e. The van der Waals surface area contributed by atoms with E-state index < -0.39 is 0 Å². The normalized spacial score (nSPS) is 14.9. The SMILES string of the molecule is CC1(C)c2ccccc2-c2ccc(-c3ccc(N/N=C4\C(=N)C(c5cncc(-c6ccccn6)c5)=CC=C4c4cncc(-c5ccccn5)c4)cc3)cc21. The van der Waals surface area contributed by atoms with Crippen LogP contribution in [0, 0.1) is 5.41 Å². The fourth-order valence-corrected chi connectivity index (χ4v) is 7.44. The van der Waals surface area contributed by atoms with Gasteiger partial charge in [-0.2, -0.15) is 5.10 Å². The van der Waals surface area contributed by atoms with Crippen molar-refractivity contribution in [2.24, 2.45) is 5.10 Å². The lowest BCUT2D eigenvalue weighted by atomic mass is 9.81. The molecule has 0 saturated carbocycles. The van der Waals surface area contributed by atoms with E-state index in [-0.39, 0.29) is 11.1 Å². The van der Waals surface area contributed by atoms with Gasteiger partial charge in [-0.25, -0.2) is 0 Å². The molecule has 4 heterocycles. The van der Waals surface area contributed by atoms with E-state index >= 15 is 0 Å².